The molecule has 0 rings (SSSR count). The molecule has 0 spiro atoms. The second-order valence-electron chi connectivity index (χ2n) is 3.39. The third-order valence-corrected chi connectivity index (χ3v) is 2.17. The van der Waals surface area contributed by atoms with Gasteiger partial charge in [-0.25, -0.2) is 0 Å². The van der Waals surface area contributed by atoms with Crippen LogP contribution < -0.4 is 0 Å². The molecule has 0 N–H and O–H groups in total. The molecule has 0 unspecified atom stereocenters. The van der Waals surface area contributed by atoms with Gasteiger partial charge in [-0.15, -0.1) is 0 Å². The van der Waals surface area contributed by atoms with Crippen molar-refractivity contribution in [2.45, 2.75) is 13.8 Å². The minimum absolute atomic E-state index is 0.953. The van der Waals surface area contributed by atoms with Crippen LogP contribution in [0.3, 0.4) is 0 Å². The molecule has 0 nitrogen and oxygen atoms in total. The predicted molar refractivity (Wildman–Crippen MR) is 73.8 cm³/mol. The normalized spacial score (nSPS) is 10.8. The van der Waals surface area contributed by atoms with Gasteiger partial charge in [0.05, 0.1) is 0 Å². The fraction of sp³-hybridized carbons (Fsp3) is 0.143. The first-order chi connectivity index (χ1) is 6.91. The molecule has 0 aromatic carbocycles. The largest absolute Gasteiger partial charge is 0.0961 e. The van der Waals surface area contributed by atoms with Crippen LogP contribution in [0.15, 0.2) is 71.6 Å². The molecule has 15 heavy (non-hydrogen) atoms. The van der Waals surface area contributed by atoms with Crippen LogP contribution in [0.25, 0.3) is 0 Å². The fourth-order valence-corrected chi connectivity index (χ4v) is 1.32. The lowest BCUT2D eigenvalue weighted by molar-refractivity contribution is 1.56. The zero-order chi connectivity index (χ0) is 11.8. The number of thioether (sulfide) groups is 1. The van der Waals surface area contributed by atoms with Crippen LogP contribution in [0.2, 0.25) is 0 Å². The zero-order valence-electron chi connectivity index (χ0n) is 9.55. The van der Waals surface area contributed by atoms with E-state index in [4.69, 9.17) is 0 Å². The quantitative estimate of drug-likeness (QED) is 0.565. The summed E-state index contributed by atoms with van der Waals surface area (Å²) in [4.78, 5) is 1.91. The van der Waals surface area contributed by atoms with Crippen molar-refractivity contribution >= 4 is 11.8 Å². The number of allylic oxidation sites excluding steroid dienone is 6. The molecule has 0 heterocycles. The maximum atomic E-state index is 3.91. The summed E-state index contributed by atoms with van der Waals surface area (Å²) in [6.07, 6.45) is 7.75. The van der Waals surface area contributed by atoms with Crippen molar-refractivity contribution in [1.82, 2.24) is 0 Å². The van der Waals surface area contributed by atoms with E-state index in [1.807, 2.05) is 38.2 Å². The van der Waals surface area contributed by atoms with Crippen LogP contribution >= 0.6 is 11.8 Å². The van der Waals surface area contributed by atoms with Gasteiger partial charge >= 0.3 is 0 Å². The molecular formula is C14H18S. The second-order valence-corrected chi connectivity index (χ2v) is 4.65. The Morgan fingerprint density at radius 2 is 1.07 bits per heavy atom. The molecule has 0 saturated carbocycles. The van der Waals surface area contributed by atoms with Gasteiger partial charge in [0.2, 0.25) is 0 Å². The molecule has 0 radical (unpaired) electrons. The molecule has 0 aromatic rings. The highest BCUT2D eigenvalue weighted by Gasteiger charge is 1.92. The third kappa shape index (κ3) is 9.10. The van der Waals surface area contributed by atoms with Gasteiger partial charge in [0.1, 0.15) is 0 Å². The Bertz CT molecular complexity index is 306. The Morgan fingerprint density at radius 3 is 1.33 bits per heavy atom. The van der Waals surface area contributed by atoms with Crippen molar-refractivity contribution in [2.24, 2.45) is 0 Å². The number of rotatable bonds is 6. The smallest absolute Gasteiger partial charge is 0.00498 e. The minimum atomic E-state index is 0.953. The van der Waals surface area contributed by atoms with E-state index in [1.54, 1.807) is 0 Å². The molecule has 0 bridgehead atoms. The Labute approximate surface area is 97.5 Å². The Kier molecular flexibility index (Phi) is 6.56. The molecular weight excluding hydrogens is 200 g/mol. The van der Waals surface area contributed by atoms with Crippen LogP contribution in [-0.2, 0) is 0 Å². The molecule has 0 atom stereocenters. The van der Waals surface area contributed by atoms with Crippen LogP contribution in [0.1, 0.15) is 13.8 Å². The molecule has 1 heteroatoms. The maximum Gasteiger partial charge on any atom is 0.00498 e. The first kappa shape index (κ1) is 13.8. The summed E-state index contributed by atoms with van der Waals surface area (Å²) < 4.78 is 0. The average molecular weight is 218 g/mol. The van der Waals surface area contributed by atoms with E-state index in [9.17, 15) is 0 Å². The Morgan fingerprint density at radius 1 is 0.733 bits per heavy atom. The standard InChI is InChI=1S/C14H18S/c1-11(2)7-9-13(5)15-14(6)10-8-12(3)4/h7-10H,1,3,5-6H2,2,4H3/b9-7-,10-8-. The monoisotopic (exact) mass is 218 g/mol. The van der Waals surface area contributed by atoms with Gasteiger partial charge in [-0.1, -0.05) is 61.4 Å². The van der Waals surface area contributed by atoms with Gasteiger partial charge in [-0.2, -0.15) is 0 Å². The van der Waals surface area contributed by atoms with Crippen molar-refractivity contribution in [3.8, 4) is 0 Å². The lowest BCUT2D eigenvalue weighted by Crippen LogP contribution is -1.71. The molecule has 0 aliphatic rings. The summed E-state index contributed by atoms with van der Waals surface area (Å²) in [5, 5.41) is 0. The van der Waals surface area contributed by atoms with Gasteiger partial charge in [-0.05, 0) is 26.0 Å². The summed E-state index contributed by atoms with van der Waals surface area (Å²) in [6, 6.07) is 0. The van der Waals surface area contributed by atoms with E-state index in [-0.39, 0.29) is 0 Å². The average Bonchev–Trinajstić information content (AvgIpc) is 2.11. The predicted octanol–water partition coefficient (Wildman–Crippen LogP) is 5.01. The Hall–Kier alpha value is -1.21. The van der Waals surface area contributed by atoms with E-state index in [2.05, 4.69) is 26.3 Å². The van der Waals surface area contributed by atoms with Gasteiger partial charge in [0, 0.05) is 9.81 Å². The number of hydrogen-bond donors (Lipinski definition) is 0. The summed E-state index contributed by atoms with van der Waals surface area (Å²) in [7, 11) is 0. The van der Waals surface area contributed by atoms with E-state index < -0.39 is 0 Å². The van der Waals surface area contributed by atoms with Crippen molar-refractivity contribution in [2.75, 3.05) is 0 Å². The van der Waals surface area contributed by atoms with E-state index >= 15 is 0 Å². The van der Waals surface area contributed by atoms with Crippen molar-refractivity contribution in [3.05, 3.63) is 71.6 Å². The topological polar surface area (TPSA) is 0 Å². The summed E-state index contributed by atoms with van der Waals surface area (Å²) in [5.74, 6) is 0. The van der Waals surface area contributed by atoms with Gasteiger partial charge in [-0.3, -0.25) is 0 Å². The highest BCUT2D eigenvalue weighted by Crippen LogP contribution is 2.24. The molecule has 0 aliphatic carbocycles. The minimum Gasteiger partial charge on any atom is -0.0961 e. The van der Waals surface area contributed by atoms with Gasteiger partial charge < -0.3 is 0 Å². The summed E-state index contributed by atoms with van der Waals surface area (Å²) >= 11 is 1.54. The van der Waals surface area contributed by atoms with Crippen LogP contribution in [-0.4, -0.2) is 0 Å². The van der Waals surface area contributed by atoms with Crippen molar-refractivity contribution in [1.29, 1.82) is 0 Å². The first-order valence-electron chi connectivity index (χ1n) is 4.64. The molecule has 80 valence electrons. The molecule has 0 saturated heterocycles. The van der Waals surface area contributed by atoms with Crippen molar-refractivity contribution < 1.29 is 0 Å². The molecule has 0 fully saturated rings. The molecule has 0 amide bonds. The number of hydrogen-bond acceptors (Lipinski definition) is 1. The Balaban J connectivity index is 4.14. The summed E-state index contributed by atoms with van der Waals surface area (Å²) in [5.41, 5.74) is 2.03. The first-order valence-corrected chi connectivity index (χ1v) is 5.46. The lowest BCUT2D eigenvalue weighted by Gasteiger charge is -1.99. The highest BCUT2D eigenvalue weighted by molar-refractivity contribution is 8.07. The van der Waals surface area contributed by atoms with Crippen LogP contribution in [0.4, 0.5) is 0 Å². The SMILES string of the molecule is C=C(C)/C=C\C(=C)SC(=C)/C=C\C(=C)C. The van der Waals surface area contributed by atoms with Gasteiger partial charge in [0.15, 0.2) is 0 Å². The maximum absolute atomic E-state index is 3.91. The second kappa shape index (κ2) is 7.13. The van der Waals surface area contributed by atoms with E-state index in [0.717, 1.165) is 21.0 Å². The summed E-state index contributed by atoms with van der Waals surface area (Å²) in [6.45, 7) is 19.3. The molecule has 0 aliphatic heterocycles. The third-order valence-electron chi connectivity index (χ3n) is 1.37. The van der Waals surface area contributed by atoms with E-state index in [0.29, 0.717) is 0 Å². The molecule has 0 aromatic heterocycles. The van der Waals surface area contributed by atoms with E-state index in [1.165, 1.54) is 11.8 Å². The highest BCUT2D eigenvalue weighted by atomic mass is 32.2. The lowest BCUT2D eigenvalue weighted by atomic mass is 10.3. The van der Waals surface area contributed by atoms with Gasteiger partial charge in [0.25, 0.3) is 0 Å². The van der Waals surface area contributed by atoms with Crippen LogP contribution in [0, 0.1) is 0 Å². The zero-order valence-corrected chi connectivity index (χ0v) is 10.4. The fourth-order valence-electron chi connectivity index (χ4n) is 0.707. The van der Waals surface area contributed by atoms with Crippen LogP contribution in [0.5, 0.6) is 0 Å². The van der Waals surface area contributed by atoms with Crippen molar-refractivity contribution in [3.63, 3.8) is 0 Å².